The van der Waals surface area contributed by atoms with Crippen molar-refractivity contribution in [3.05, 3.63) is 81.5 Å². The van der Waals surface area contributed by atoms with Gasteiger partial charge in [-0.1, -0.05) is 50.2 Å². The topological polar surface area (TPSA) is 109 Å². The number of ether oxygens (including phenoxy) is 3. The molecule has 2 atom stereocenters. The number of nitrogens with zero attached hydrogens (tertiary/aromatic N) is 2. The molecule has 2 amide bonds. The van der Waals surface area contributed by atoms with E-state index in [0.717, 1.165) is 36.3 Å². The maximum atomic E-state index is 13.9. The highest BCUT2D eigenvalue weighted by Crippen LogP contribution is 2.50. The summed E-state index contributed by atoms with van der Waals surface area (Å²) in [6.45, 7) is 9.10. The summed E-state index contributed by atoms with van der Waals surface area (Å²) in [5.74, 6) is 1.18. The number of methoxy groups -OCH3 is 3. The molecule has 1 fully saturated rings. The van der Waals surface area contributed by atoms with E-state index in [2.05, 4.69) is 27.7 Å². The molecule has 1 aliphatic heterocycles. The first-order chi connectivity index (χ1) is 22.6. The lowest BCUT2D eigenvalue weighted by Gasteiger charge is -2.37. The van der Waals surface area contributed by atoms with Gasteiger partial charge in [-0.25, -0.2) is 0 Å². The summed E-state index contributed by atoms with van der Waals surface area (Å²) in [6.07, 6.45) is 1.17. The Bertz CT molecular complexity index is 1650. The Morgan fingerprint density at radius 1 is 0.915 bits per heavy atom. The van der Waals surface area contributed by atoms with E-state index >= 15 is 0 Å². The molecular formula is C37H46N4O6. The van der Waals surface area contributed by atoms with Gasteiger partial charge >= 0.3 is 0 Å². The molecule has 0 radical (unpaired) electrons. The van der Waals surface area contributed by atoms with Crippen molar-refractivity contribution in [3.8, 4) is 28.4 Å². The van der Waals surface area contributed by atoms with Gasteiger partial charge in [-0.3, -0.25) is 19.3 Å². The molecule has 0 saturated carbocycles. The van der Waals surface area contributed by atoms with Crippen LogP contribution in [0.2, 0.25) is 0 Å². The van der Waals surface area contributed by atoms with Crippen LogP contribution in [-0.2, 0) is 22.6 Å². The average molecular weight is 643 g/mol. The molecule has 1 aliphatic carbocycles. The van der Waals surface area contributed by atoms with Gasteiger partial charge in [0.2, 0.25) is 23.0 Å². The molecule has 0 bridgehead atoms. The van der Waals surface area contributed by atoms with Gasteiger partial charge in [-0.2, -0.15) is 0 Å². The van der Waals surface area contributed by atoms with E-state index in [-0.39, 0.29) is 23.2 Å². The first kappa shape index (κ1) is 33.8. The van der Waals surface area contributed by atoms with Crippen molar-refractivity contribution in [2.24, 2.45) is 5.92 Å². The molecule has 2 N–H and O–H groups in total. The van der Waals surface area contributed by atoms with Crippen LogP contribution in [0.15, 0.2) is 59.4 Å². The number of piperazine rings is 1. The molecule has 1 saturated heterocycles. The summed E-state index contributed by atoms with van der Waals surface area (Å²) in [5.41, 5.74) is 4.44. The van der Waals surface area contributed by atoms with Crippen LogP contribution in [0.4, 0.5) is 5.69 Å². The van der Waals surface area contributed by atoms with Crippen molar-refractivity contribution in [1.82, 2.24) is 15.1 Å². The van der Waals surface area contributed by atoms with Gasteiger partial charge in [0, 0.05) is 45.2 Å². The van der Waals surface area contributed by atoms with E-state index in [1.165, 1.54) is 12.5 Å². The molecule has 0 spiro atoms. The number of anilines is 1. The number of carbonyl (C=O) groups excluding carboxylic acids is 2. The fraction of sp³-hybridized carbons (Fsp3) is 0.432. The standard InChI is InChI=1S/C37H46N4O6/c1-23(2)34(37(44)41-18-16-40(17-19-41)22-25-10-8-7-9-11-25)39-30-15-13-27-28(21-31(30)43)29(38-24(3)42)14-12-26-20-32(45-4)35(46-5)36(47-6)33(26)27/h7-11,13,15,20-21,23,29,34H,12,14,16-19,22H2,1-6H3,(H,38,42)(H,39,43)/t29-,34-/m1/s1. The molecule has 0 unspecified atom stereocenters. The van der Waals surface area contributed by atoms with Crippen LogP contribution in [0.25, 0.3) is 11.1 Å². The molecule has 10 nitrogen and oxygen atoms in total. The molecule has 5 rings (SSSR count). The average Bonchev–Trinajstić information content (AvgIpc) is 3.31. The lowest BCUT2D eigenvalue weighted by Crippen LogP contribution is -2.53. The summed E-state index contributed by atoms with van der Waals surface area (Å²) in [5, 5.41) is 6.36. The molecule has 10 heteroatoms. The van der Waals surface area contributed by atoms with Gasteiger partial charge in [0.15, 0.2) is 11.5 Å². The predicted octanol–water partition coefficient (Wildman–Crippen LogP) is 4.64. The summed E-state index contributed by atoms with van der Waals surface area (Å²) in [4.78, 5) is 44.4. The Balaban J connectivity index is 1.47. The number of aryl methyl sites for hydroxylation is 1. The first-order valence-electron chi connectivity index (χ1n) is 16.2. The third kappa shape index (κ3) is 7.38. The van der Waals surface area contributed by atoms with E-state index < -0.39 is 12.1 Å². The number of benzene rings is 2. The first-order valence-corrected chi connectivity index (χ1v) is 16.2. The summed E-state index contributed by atoms with van der Waals surface area (Å²) in [7, 11) is 4.70. The third-order valence-electron chi connectivity index (χ3n) is 9.09. The normalized spacial score (nSPS) is 16.7. The van der Waals surface area contributed by atoms with Crippen molar-refractivity contribution < 1.29 is 23.8 Å². The van der Waals surface area contributed by atoms with Gasteiger partial charge in [-0.15, -0.1) is 0 Å². The van der Waals surface area contributed by atoms with E-state index in [1.807, 2.05) is 49.1 Å². The fourth-order valence-corrected chi connectivity index (χ4v) is 6.67. The maximum absolute atomic E-state index is 13.9. The van der Waals surface area contributed by atoms with Gasteiger partial charge < -0.3 is 29.7 Å². The number of nitrogens with one attached hydrogen (secondary N) is 2. The van der Waals surface area contributed by atoms with Crippen LogP contribution >= 0.6 is 0 Å². The second kappa shape index (κ2) is 14.9. The Hall–Kier alpha value is -4.57. The smallest absolute Gasteiger partial charge is 0.245 e. The molecular weight excluding hydrogens is 596 g/mol. The zero-order valence-electron chi connectivity index (χ0n) is 28.2. The highest BCUT2D eigenvalue weighted by molar-refractivity contribution is 5.86. The Morgan fingerprint density at radius 2 is 1.62 bits per heavy atom. The number of amides is 2. The minimum atomic E-state index is -0.595. The molecule has 0 aromatic heterocycles. The molecule has 2 aliphatic rings. The predicted molar refractivity (Wildman–Crippen MR) is 183 cm³/mol. The summed E-state index contributed by atoms with van der Waals surface area (Å²) >= 11 is 0. The Morgan fingerprint density at radius 3 is 2.23 bits per heavy atom. The highest BCUT2D eigenvalue weighted by Gasteiger charge is 2.32. The zero-order chi connectivity index (χ0) is 33.7. The molecule has 250 valence electrons. The maximum Gasteiger partial charge on any atom is 0.245 e. The van der Waals surface area contributed by atoms with Crippen molar-refractivity contribution in [3.63, 3.8) is 0 Å². The lowest BCUT2D eigenvalue weighted by atomic mass is 9.95. The van der Waals surface area contributed by atoms with Crippen LogP contribution in [0.5, 0.6) is 17.2 Å². The largest absolute Gasteiger partial charge is 0.493 e. The number of fused-ring (bicyclic) bond motifs is 3. The van der Waals surface area contributed by atoms with Crippen molar-refractivity contribution in [2.75, 3.05) is 52.8 Å². The van der Waals surface area contributed by atoms with Gasteiger partial charge in [0.05, 0.1) is 33.1 Å². The van der Waals surface area contributed by atoms with Crippen molar-refractivity contribution in [1.29, 1.82) is 0 Å². The number of hydrogen-bond acceptors (Lipinski definition) is 8. The second-order valence-corrected chi connectivity index (χ2v) is 12.5. The number of carbonyl (C=O) groups is 2. The minimum absolute atomic E-state index is 0.0215. The number of hydrogen-bond donors (Lipinski definition) is 2. The van der Waals surface area contributed by atoms with Gasteiger partial charge in [0.25, 0.3) is 0 Å². The molecule has 3 aromatic carbocycles. The SMILES string of the molecule is COc1cc2c(c(OC)c1OC)-c1ccc(N[C@@H](C(=O)N3CCN(Cc4ccccc4)CC3)C(C)C)c(=O)cc1[C@H](NC(C)=O)CC2. The van der Waals surface area contributed by atoms with Crippen LogP contribution < -0.4 is 30.3 Å². The summed E-state index contributed by atoms with van der Waals surface area (Å²) < 4.78 is 17.2. The zero-order valence-corrected chi connectivity index (χ0v) is 28.2. The fourth-order valence-electron chi connectivity index (χ4n) is 6.67. The molecule has 47 heavy (non-hydrogen) atoms. The molecule has 1 heterocycles. The van der Waals surface area contributed by atoms with E-state index in [4.69, 9.17) is 14.2 Å². The molecule has 3 aromatic rings. The van der Waals surface area contributed by atoms with Crippen LogP contribution in [0.1, 0.15) is 49.9 Å². The monoisotopic (exact) mass is 642 g/mol. The van der Waals surface area contributed by atoms with Crippen LogP contribution in [0.3, 0.4) is 0 Å². The quantitative estimate of drug-likeness (QED) is 0.329. The number of rotatable bonds is 10. The second-order valence-electron chi connectivity index (χ2n) is 12.5. The van der Waals surface area contributed by atoms with E-state index in [9.17, 15) is 14.4 Å². The lowest BCUT2D eigenvalue weighted by molar-refractivity contribution is -0.134. The van der Waals surface area contributed by atoms with Gasteiger partial charge in [0.1, 0.15) is 6.04 Å². The summed E-state index contributed by atoms with van der Waals surface area (Å²) in [6, 6.07) is 16.4. The van der Waals surface area contributed by atoms with Crippen LogP contribution in [-0.4, -0.2) is 75.2 Å². The van der Waals surface area contributed by atoms with Crippen LogP contribution in [0, 0.1) is 5.92 Å². The van der Waals surface area contributed by atoms with Crippen molar-refractivity contribution >= 4 is 17.5 Å². The van der Waals surface area contributed by atoms with Gasteiger partial charge in [-0.05, 0) is 59.2 Å². The minimum Gasteiger partial charge on any atom is -0.493 e. The van der Waals surface area contributed by atoms with Crippen molar-refractivity contribution in [2.45, 2.75) is 52.2 Å². The van der Waals surface area contributed by atoms with E-state index in [0.29, 0.717) is 54.4 Å². The highest BCUT2D eigenvalue weighted by atomic mass is 16.5. The Labute approximate surface area is 277 Å². The Kier molecular flexibility index (Phi) is 10.7. The van der Waals surface area contributed by atoms with E-state index in [1.54, 1.807) is 33.5 Å². The third-order valence-corrected chi connectivity index (χ3v) is 9.09.